The van der Waals surface area contributed by atoms with Crippen LogP contribution in [0, 0.1) is 0 Å². The van der Waals surface area contributed by atoms with Gasteiger partial charge in [-0.3, -0.25) is 4.79 Å². The molecule has 0 unspecified atom stereocenters. The lowest BCUT2D eigenvalue weighted by molar-refractivity contribution is -0.130. The second-order valence-corrected chi connectivity index (χ2v) is 11.2. The number of carbonyl (C=O) groups excluding carboxylic acids is 1. The van der Waals surface area contributed by atoms with Crippen LogP contribution in [0.3, 0.4) is 0 Å². The molecule has 1 heterocycles. The Morgan fingerprint density at radius 2 is 1.83 bits per heavy atom. The van der Waals surface area contributed by atoms with Gasteiger partial charge in [-0.25, -0.2) is 16.8 Å². The smallest absolute Gasteiger partial charge is 0.238 e. The molecule has 0 aromatic carbocycles. The van der Waals surface area contributed by atoms with E-state index >= 15 is 0 Å². The molecular weight excluding hydrogens is 338 g/mol. The van der Waals surface area contributed by atoms with Gasteiger partial charge in [-0.1, -0.05) is 26.2 Å². The lowest BCUT2D eigenvalue weighted by Crippen LogP contribution is -2.45. The highest BCUT2D eigenvalue weighted by Crippen LogP contribution is 2.26. The first-order valence-electron chi connectivity index (χ1n) is 8.46. The summed E-state index contributed by atoms with van der Waals surface area (Å²) in [7, 11) is -6.53. The van der Waals surface area contributed by atoms with Crippen molar-refractivity contribution < 1.29 is 21.6 Å². The first-order chi connectivity index (χ1) is 10.7. The highest BCUT2D eigenvalue weighted by molar-refractivity contribution is 7.92. The fraction of sp³-hybridized carbons (Fsp3) is 0.933. The van der Waals surface area contributed by atoms with Crippen molar-refractivity contribution in [3.8, 4) is 0 Å². The summed E-state index contributed by atoms with van der Waals surface area (Å²) in [6, 6.07) is -0.363. The Morgan fingerprint density at radius 1 is 1.17 bits per heavy atom. The van der Waals surface area contributed by atoms with Crippen LogP contribution in [-0.4, -0.2) is 62.7 Å². The summed E-state index contributed by atoms with van der Waals surface area (Å²) in [4.78, 5) is 14.1. The Bertz CT molecular complexity index is 620. The molecule has 1 aliphatic carbocycles. The van der Waals surface area contributed by atoms with E-state index in [4.69, 9.17) is 0 Å². The minimum Gasteiger partial charge on any atom is -0.338 e. The molecule has 0 aromatic heterocycles. The van der Waals surface area contributed by atoms with Gasteiger partial charge in [0.25, 0.3) is 0 Å². The maximum absolute atomic E-state index is 12.6. The standard InChI is InChI=1S/C15H27NO5S2/c1-2-3-9-16(13-8-10-22(18,19)11-13)15(17)12-23(20,21)14-6-4-5-7-14/h13-14H,2-12H2,1H3/t13-/m0/s1. The lowest BCUT2D eigenvalue weighted by Gasteiger charge is -2.28. The molecule has 1 saturated heterocycles. The normalized spacial score (nSPS) is 24.8. The van der Waals surface area contributed by atoms with Crippen LogP contribution in [0.1, 0.15) is 51.9 Å². The number of hydrogen-bond acceptors (Lipinski definition) is 5. The van der Waals surface area contributed by atoms with Crippen molar-refractivity contribution in [2.24, 2.45) is 0 Å². The molecule has 1 saturated carbocycles. The Labute approximate surface area is 139 Å². The maximum atomic E-state index is 12.6. The molecule has 2 aliphatic rings. The topological polar surface area (TPSA) is 88.6 Å². The van der Waals surface area contributed by atoms with Crippen molar-refractivity contribution in [3.63, 3.8) is 0 Å². The molecule has 2 fully saturated rings. The average Bonchev–Trinajstić information content (AvgIpc) is 3.08. The number of sulfone groups is 2. The molecule has 1 aliphatic heterocycles. The fourth-order valence-electron chi connectivity index (χ4n) is 3.48. The van der Waals surface area contributed by atoms with E-state index < -0.39 is 36.6 Å². The Hall–Kier alpha value is -0.630. The largest absolute Gasteiger partial charge is 0.338 e. The van der Waals surface area contributed by atoms with Gasteiger partial charge in [0, 0.05) is 12.6 Å². The fourth-order valence-corrected chi connectivity index (χ4v) is 7.01. The summed E-state index contributed by atoms with van der Waals surface area (Å²) >= 11 is 0. The van der Waals surface area contributed by atoms with Crippen molar-refractivity contribution in [2.45, 2.75) is 63.2 Å². The zero-order chi connectivity index (χ0) is 17.1. The zero-order valence-electron chi connectivity index (χ0n) is 13.7. The molecule has 0 bridgehead atoms. The van der Waals surface area contributed by atoms with Gasteiger partial charge in [0.15, 0.2) is 19.7 Å². The van der Waals surface area contributed by atoms with Crippen LogP contribution >= 0.6 is 0 Å². The van der Waals surface area contributed by atoms with Gasteiger partial charge in [0.05, 0.1) is 16.8 Å². The number of hydrogen-bond donors (Lipinski definition) is 0. The third-order valence-electron chi connectivity index (χ3n) is 4.86. The van der Waals surface area contributed by atoms with Crippen LogP contribution in [0.25, 0.3) is 0 Å². The van der Waals surface area contributed by atoms with Crippen molar-refractivity contribution in [1.82, 2.24) is 4.90 Å². The van der Waals surface area contributed by atoms with E-state index in [9.17, 15) is 21.6 Å². The molecule has 6 nitrogen and oxygen atoms in total. The van der Waals surface area contributed by atoms with Gasteiger partial charge in [0.1, 0.15) is 5.75 Å². The lowest BCUT2D eigenvalue weighted by atomic mass is 10.2. The van der Waals surface area contributed by atoms with Crippen molar-refractivity contribution in [2.75, 3.05) is 23.8 Å². The van der Waals surface area contributed by atoms with Crippen molar-refractivity contribution in [3.05, 3.63) is 0 Å². The number of carbonyl (C=O) groups is 1. The van der Waals surface area contributed by atoms with Crippen LogP contribution in [0.2, 0.25) is 0 Å². The zero-order valence-corrected chi connectivity index (χ0v) is 15.4. The summed E-state index contributed by atoms with van der Waals surface area (Å²) < 4.78 is 48.2. The van der Waals surface area contributed by atoms with Crippen molar-refractivity contribution in [1.29, 1.82) is 0 Å². The molecule has 23 heavy (non-hydrogen) atoms. The van der Waals surface area contributed by atoms with E-state index in [0.29, 0.717) is 25.8 Å². The van der Waals surface area contributed by atoms with Crippen LogP contribution in [-0.2, 0) is 24.5 Å². The van der Waals surface area contributed by atoms with E-state index in [-0.39, 0.29) is 17.5 Å². The summed E-state index contributed by atoms with van der Waals surface area (Å²) in [6.07, 6.45) is 5.13. The summed E-state index contributed by atoms with van der Waals surface area (Å²) in [5.74, 6) is -0.847. The van der Waals surface area contributed by atoms with Crippen LogP contribution < -0.4 is 0 Å². The van der Waals surface area contributed by atoms with Gasteiger partial charge >= 0.3 is 0 Å². The molecule has 1 amide bonds. The van der Waals surface area contributed by atoms with Gasteiger partial charge < -0.3 is 4.90 Å². The quantitative estimate of drug-likeness (QED) is 0.675. The van der Waals surface area contributed by atoms with E-state index in [1.54, 1.807) is 0 Å². The number of nitrogens with zero attached hydrogens (tertiary/aromatic N) is 1. The molecule has 2 rings (SSSR count). The highest BCUT2D eigenvalue weighted by atomic mass is 32.2. The van der Waals surface area contributed by atoms with Crippen LogP contribution in [0.15, 0.2) is 0 Å². The molecule has 1 atom stereocenters. The highest BCUT2D eigenvalue weighted by Gasteiger charge is 2.37. The minimum atomic E-state index is -3.43. The SMILES string of the molecule is CCCCN(C(=O)CS(=O)(=O)C1CCCC1)[C@H]1CCS(=O)(=O)C1. The van der Waals surface area contributed by atoms with Crippen LogP contribution in [0.5, 0.6) is 0 Å². The third-order valence-corrected chi connectivity index (χ3v) is 8.74. The van der Waals surface area contributed by atoms with Crippen LogP contribution in [0.4, 0.5) is 0 Å². The summed E-state index contributed by atoms with van der Waals surface area (Å²) in [5.41, 5.74) is 0. The molecule has 0 aromatic rings. The van der Waals surface area contributed by atoms with E-state index in [0.717, 1.165) is 25.7 Å². The molecule has 0 spiro atoms. The predicted octanol–water partition coefficient (Wildman–Crippen LogP) is 1.16. The average molecular weight is 366 g/mol. The Balaban J connectivity index is 2.07. The molecular formula is C15H27NO5S2. The first kappa shape index (κ1) is 18.7. The van der Waals surface area contributed by atoms with Crippen molar-refractivity contribution >= 4 is 25.6 Å². The second-order valence-electron chi connectivity index (χ2n) is 6.71. The van der Waals surface area contributed by atoms with E-state index in [2.05, 4.69) is 0 Å². The van der Waals surface area contributed by atoms with E-state index in [1.165, 1.54) is 4.90 Å². The summed E-state index contributed by atoms with van der Waals surface area (Å²) in [5, 5.41) is -0.396. The monoisotopic (exact) mass is 365 g/mol. The second kappa shape index (κ2) is 7.51. The number of amides is 1. The molecule has 0 radical (unpaired) electrons. The number of rotatable bonds is 7. The molecule has 0 N–H and O–H groups in total. The number of unbranched alkanes of at least 4 members (excludes halogenated alkanes) is 1. The van der Waals surface area contributed by atoms with Gasteiger partial charge in [0.2, 0.25) is 5.91 Å². The molecule has 134 valence electrons. The summed E-state index contributed by atoms with van der Waals surface area (Å²) in [6.45, 7) is 2.43. The van der Waals surface area contributed by atoms with Gasteiger partial charge in [-0.2, -0.15) is 0 Å². The maximum Gasteiger partial charge on any atom is 0.238 e. The molecule has 8 heteroatoms. The first-order valence-corrected chi connectivity index (χ1v) is 12.0. The Kier molecular flexibility index (Phi) is 6.10. The third kappa shape index (κ3) is 4.92. The van der Waals surface area contributed by atoms with E-state index in [1.807, 2.05) is 6.92 Å². The minimum absolute atomic E-state index is 0.0358. The van der Waals surface area contributed by atoms with Gasteiger partial charge in [-0.15, -0.1) is 0 Å². The Morgan fingerprint density at radius 3 is 2.35 bits per heavy atom. The van der Waals surface area contributed by atoms with Gasteiger partial charge in [-0.05, 0) is 25.7 Å². The predicted molar refractivity (Wildman–Crippen MR) is 89.7 cm³/mol.